The molecule has 4 heteroatoms. The molecule has 1 aromatic heterocycles. The van der Waals surface area contributed by atoms with Crippen LogP contribution in [0.25, 0.3) is 0 Å². The molecule has 0 aromatic carbocycles. The SMILES string of the molecule is Cc1cc(C)nc(NCC2(C)CCCS2)n1. The monoisotopic (exact) mass is 237 g/mol. The maximum Gasteiger partial charge on any atom is 0.223 e. The molecule has 16 heavy (non-hydrogen) atoms. The van der Waals surface area contributed by atoms with Gasteiger partial charge < -0.3 is 5.32 Å². The fourth-order valence-electron chi connectivity index (χ4n) is 2.05. The van der Waals surface area contributed by atoms with Gasteiger partial charge in [-0.15, -0.1) is 0 Å². The second-order valence-corrected chi connectivity index (χ2v) is 6.41. The first-order valence-electron chi connectivity index (χ1n) is 5.78. The van der Waals surface area contributed by atoms with Gasteiger partial charge in [0.2, 0.25) is 5.95 Å². The van der Waals surface area contributed by atoms with Crippen molar-refractivity contribution in [3.63, 3.8) is 0 Å². The third-order valence-corrected chi connectivity index (χ3v) is 4.44. The van der Waals surface area contributed by atoms with E-state index in [1.54, 1.807) is 0 Å². The van der Waals surface area contributed by atoms with Crippen LogP contribution >= 0.6 is 11.8 Å². The summed E-state index contributed by atoms with van der Waals surface area (Å²) >= 11 is 2.05. The van der Waals surface area contributed by atoms with Crippen molar-refractivity contribution >= 4 is 17.7 Å². The van der Waals surface area contributed by atoms with E-state index in [1.807, 2.05) is 19.9 Å². The van der Waals surface area contributed by atoms with Gasteiger partial charge in [-0.2, -0.15) is 11.8 Å². The smallest absolute Gasteiger partial charge is 0.223 e. The first-order chi connectivity index (χ1) is 7.57. The Bertz CT molecular complexity index is 352. The largest absolute Gasteiger partial charge is 0.353 e. The number of aryl methyl sites for hydroxylation is 2. The number of rotatable bonds is 3. The Kier molecular flexibility index (Phi) is 3.38. The molecule has 1 N–H and O–H groups in total. The van der Waals surface area contributed by atoms with E-state index in [2.05, 4.69) is 34.0 Å². The van der Waals surface area contributed by atoms with Crippen LogP contribution in [0, 0.1) is 13.8 Å². The standard InChI is InChI=1S/C12H19N3S/c1-9-7-10(2)15-11(14-9)13-8-12(3)5-4-6-16-12/h7H,4-6,8H2,1-3H3,(H,13,14,15). The molecule has 3 nitrogen and oxygen atoms in total. The Morgan fingerprint density at radius 3 is 2.62 bits per heavy atom. The maximum atomic E-state index is 4.39. The molecule has 0 amide bonds. The van der Waals surface area contributed by atoms with E-state index >= 15 is 0 Å². The average Bonchev–Trinajstić information content (AvgIpc) is 2.62. The molecule has 0 saturated carbocycles. The van der Waals surface area contributed by atoms with Gasteiger partial charge in [0.1, 0.15) is 0 Å². The topological polar surface area (TPSA) is 37.8 Å². The molecule has 88 valence electrons. The summed E-state index contributed by atoms with van der Waals surface area (Å²) in [5.41, 5.74) is 2.05. The van der Waals surface area contributed by atoms with Crippen molar-refractivity contribution in [1.82, 2.24) is 9.97 Å². The lowest BCUT2D eigenvalue weighted by atomic mass is 10.1. The molecule has 0 bridgehead atoms. The number of hydrogen-bond acceptors (Lipinski definition) is 4. The van der Waals surface area contributed by atoms with Gasteiger partial charge in [-0.1, -0.05) is 0 Å². The van der Waals surface area contributed by atoms with Crippen molar-refractivity contribution in [2.24, 2.45) is 0 Å². The molecule has 1 aliphatic rings. The molecule has 1 atom stereocenters. The Morgan fingerprint density at radius 2 is 2.06 bits per heavy atom. The van der Waals surface area contributed by atoms with E-state index in [0.717, 1.165) is 23.9 Å². The van der Waals surface area contributed by atoms with Crippen LogP contribution in [0.15, 0.2) is 6.07 Å². The maximum absolute atomic E-state index is 4.39. The van der Waals surface area contributed by atoms with Gasteiger partial charge in [0.25, 0.3) is 0 Å². The minimum absolute atomic E-state index is 0.362. The number of nitrogens with zero attached hydrogens (tertiary/aromatic N) is 2. The number of nitrogens with one attached hydrogen (secondary N) is 1. The van der Waals surface area contributed by atoms with Crippen LogP contribution in [0.1, 0.15) is 31.2 Å². The second-order valence-electron chi connectivity index (χ2n) is 4.73. The quantitative estimate of drug-likeness (QED) is 0.877. The Morgan fingerprint density at radius 1 is 1.38 bits per heavy atom. The molecule has 1 aromatic rings. The van der Waals surface area contributed by atoms with E-state index in [9.17, 15) is 0 Å². The van der Waals surface area contributed by atoms with Crippen LogP contribution < -0.4 is 5.32 Å². The molecule has 0 aliphatic carbocycles. The molecule has 0 radical (unpaired) electrons. The van der Waals surface area contributed by atoms with E-state index in [0.29, 0.717) is 4.75 Å². The van der Waals surface area contributed by atoms with Gasteiger partial charge in [-0.25, -0.2) is 9.97 Å². The van der Waals surface area contributed by atoms with Crippen molar-refractivity contribution in [1.29, 1.82) is 0 Å². The predicted octanol–water partition coefficient (Wildman–Crippen LogP) is 2.79. The van der Waals surface area contributed by atoms with Crippen LogP contribution in [0.4, 0.5) is 5.95 Å². The van der Waals surface area contributed by atoms with E-state index in [1.165, 1.54) is 18.6 Å². The highest BCUT2D eigenvalue weighted by Crippen LogP contribution is 2.37. The van der Waals surface area contributed by atoms with Crippen LogP contribution in [0.2, 0.25) is 0 Å². The highest BCUT2D eigenvalue weighted by atomic mass is 32.2. The third-order valence-electron chi connectivity index (χ3n) is 2.90. The number of anilines is 1. The Hall–Kier alpha value is -0.770. The zero-order valence-electron chi connectivity index (χ0n) is 10.2. The minimum atomic E-state index is 0.362. The van der Waals surface area contributed by atoms with Crippen molar-refractivity contribution in [2.75, 3.05) is 17.6 Å². The van der Waals surface area contributed by atoms with Crippen molar-refractivity contribution in [2.45, 2.75) is 38.4 Å². The number of hydrogen-bond donors (Lipinski definition) is 1. The van der Waals surface area contributed by atoms with Gasteiger partial charge >= 0.3 is 0 Å². The molecular weight excluding hydrogens is 218 g/mol. The van der Waals surface area contributed by atoms with Crippen LogP contribution in [0.5, 0.6) is 0 Å². The second kappa shape index (κ2) is 4.62. The summed E-state index contributed by atoms with van der Waals surface area (Å²) in [4.78, 5) is 8.79. The lowest BCUT2D eigenvalue weighted by molar-refractivity contribution is 0.632. The van der Waals surface area contributed by atoms with E-state index < -0.39 is 0 Å². The van der Waals surface area contributed by atoms with Gasteiger partial charge in [0.15, 0.2) is 0 Å². The molecule has 1 fully saturated rings. The molecular formula is C12H19N3S. The molecule has 1 unspecified atom stereocenters. The molecule has 2 rings (SSSR count). The molecule has 2 heterocycles. The van der Waals surface area contributed by atoms with Crippen LogP contribution in [0.3, 0.4) is 0 Å². The van der Waals surface area contributed by atoms with E-state index in [4.69, 9.17) is 0 Å². The van der Waals surface area contributed by atoms with Crippen LogP contribution in [-0.4, -0.2) is 27.0 Å². The summed E-state index contributed by atoms with van der Waals surface area (Å²) in [6, 6.07) is 2.00. The Balaban J connectivity index is 1.98. The first-order valence-corrected chi connectivity index (χ1v) is 6.76. The summed E-state index contributed by atoms with van der Waals surface area (Å²) in [6.07, 6.45) is 2.62. The summed E-state index contributed by atoms with van der Waals surface area (Å²) in [5.74, 6) is 2.05. The summed E-state index contributed by atoms with van der Waals surface area (Å²) in [6.45, 7) is 7.29. The summed E-state index contributed by atoms with van der Waals surface area (Å²) in [7, 11) is 0. The van der Waals surface area contributed by atoms with E-state index in [-0.39, 0.29) is 0 Å². The van der Waals surface area contributed by atoms with Crippen molar-refractivity contribution in [3.8, 4) is 0 Å². The molecule has 0 spiro atoms. The lowest BCUT2D eigenvalue weighted by Crippen LogP contribution is -2.27. The van der Waals surface area contributed by atoms with Gasteiger partial charge in [0.05, 0.1) is 0 Å². The highest BCUT2D eigenvalue weighted by Gasteiger charge is 2.29. The number of thioether (sulfide) groups is 1. The van der Waals surface area contributed by atoms with Crippen molar-refractivity contribution < 1.29 is 0 Å². The highest BCUT2D eigenvalue weighted by molar-refractivity contribution is 8.00. The molecule has 1 saturated heterocycles. The van der Waals surface area contributed by atoms with Gasteiger partial charge in [-0.3, -0.25) is 0 Å². The normalized spacial score (nSPS) is 24.7. The number of aromatic nitrogens is 2. The van der Waals surface area contributed by atoms with Gasteiger partial charge in [0, 0.05) is 22.7 Å². The fraction of sp³-hybridized carbons (Fsp3) is 0.667. The third kappa shape index (κ3) is 2.88. The lowest BCUT2D eigenvalue weighted by Gasteiger charge is -2.22. The Labute approximate surface area is 101 Å². The zero-order valence-corrected chi connectivity index (χ0v) is 11.0. The van der Waals surface area contributed by atoms with Gasteiger partial charge in [-0.05, 0) is 45.4 Å². The zero-order chi connectivity index (χ0) is 11.6. The average molecular weight is 237 g/mol. The fourth-order valence-corrected chi connectivity index (χ4v) is 3.29. The van der Waals surface area contributed by atoms with Crippen molar-refractivity contribution in [3.05, 3.63) is 17.5 Å². The summed E-state index contributed by atoms with van der Waals surface area (Å²) < 4.78 is 0.362. The summed E-state index contributed by atoms with van der Waals surface area (Å²) in [5, 5.41) is 3.37. The molecule has 1 aliphatic heterocycles. The van der Waals surface area contributed by atoms with Crippen LogP contribution in [-0.2, 0) is 0 Å². The predicted molar refractivity (Wildman–Crippen MR) is 70.1 cm³/mol. The first kappa shape index (κ1) is 11.7. The minimum Gasteiger partial charge on any atom is -0.353 e.